The van der Waals surface area contributed by atoms with Gasteiger partial charge in [-0.25, -0.2) is 0 Å². The minimum atomic E-state index is -1.01. The van der Waals surface area contributed by atoms with E-state index >= 15 is 0 Å². The molecule has 1 aromatic carbocycles. The highest BCUT2D eigenvalue weighted by Gasteiger charge is 2.39. The van der Waals surface area contributed by atoms with E-state index in [-0.39, 0.29) is 5.97 Å². The molecule has 2 rings (SSSR count). The number of unbranched alkanes of at least 4 members (excludes halogenated alkanes) is 1. The molecule has 6 heteroatoms. The summed E-state index contributed by atoms with van der Waals surface area (Å²) >= 11 is 0. The van der Waals surface area contributed by atoms with Gasteiger partial charge >= 0.3 is 11.9 Å². The third kappa shape index (κ3) is 5.61. The van der Waals surface area contributed by atoms with Gasteiger partial charge in [-0.1, -0.05) is 6.07 Å². The lowest BCUT2D eigenvalue weighted by Crippen LogP contribution is -2.45. The highest BCUT2D eigenvalue weighted by Crippen LogP contribution is 2.39. The fraction of sp³-hybridized carbons (Fsp3) is 0.650. The Labute approximate surface area is 155 Å². The predicted molar refractivity (Wildman–Crippen MR) is 97.4 cm³/mol. The molecule has 1 aromatic rings. The number of fused-ring (bicyclic) bond motifs is 1. The Bertz CT molecular complexity index is 565. The summed E-state index contributed by atoms with van der Waals surface area (Å²) in [5.41, 5.74) is 1.04. The summed E-state index contributed by atoms with van der Waals surface area (Å²) in [7, 11) is 0. The van der Waals surface area contributed by atoms with E-state index in [2.05, 4.69) is 0 Å². The maximum atomic E-state index is 11.3. The molecule has 1 aliphatic rings. The van der Waals surface area contributed by atoms with Crippen molar-refractivity contribution in [2.75, 3.05) is 26.4 Å². The molecule has 0 saturated carbocycles. The van der Waals surface area contributed by atoms with Crippen LogP contribution in [0.4, 0.5) is 0 Å². The van der Waals surface area contributed by atoms with Crippen LogP contribution in [-0.4, -0.2) is 38.4 Å². The topological polar surface area (TPSA) is 63.2 Å². The summed E-state index contributed by atoms with van der Waals surface area (Å²) in [5.74, 6) is 0.401. The summed E-state index contributed by atoms with van der Waals surface area (Å²) < 4.78 is 28.3. The van der Waals surface area contributed by atoms with Gasteiger partial charge in [0.25, 0.3) is 0 Å². The first-order valence-corrected chi connectivity index (χ1v) is 9.51. The van der Waals surface area contributed by atoms with Gasteiger partial charge in [0, 0.05) is 18.4 Å². The monoisotopic (exact) mass is 366 g/mol. The molecule has 0 radical (unpaired) electrons. The number of carbonyl (C=O) groups is 1. The van der Waals surface area contributed by atoms with Crippen LogP contribution in [0.5, 0.6) is 11.5 Å². The van der Waals surface area contributed by atoms with Crippen molar-refractivity contribution >= 4 is 5.97 Å². The third-order valence-corrected chi connectivity index (χ3v) is 4.10. The highest BCUT2D eigenvalue weighted by molar-refractivity contribution is 5.69. The number of hydrogen-bond acceptors (Lipinski definition) is 6. The summed E-state index contributed by atoms with van der Waals surface area (Å²) in [6, 6.07) is 5.76. The number of ether oxygens (including phenoxy) is 5. The van der Waals surface area contributed by atoms with Crippen molar-refractivity contribution in [3.05, 3.63) is 23.8 Å². The first-order valence-electron chi connectivity index (χ1n) is 9.51. The second-order valence-corrected chi connectivity index (χ2v) is 5.99. The molecule has 26 heavy (non-hydrogen) atoms. The minimum absolute atomic E-state index is 0.152. The molecular formula is C20H30O6. The first kappa shape index (κ1) is 20.5. The molecule has 0 spiro atoms. The van der Waals surface area contributed by atoms with E-state index < -0.39 is 5.97 Å². The number of hydrogen-bond donors (Lipinski definition) is 0. The van der Waals surface area contributed by atoms with Crippen LogP contribution in [0, 0.1) is 0 Å². The largest absolute Gasteiger partial charge is 0.493 e. The van der Waals surface area contributed by atoms with E-state index in [0.717, 1.165) is 36.3 Å². The standard InChI is InChI=1S/C20H30O6/c1-4-22-19(21)12-7-8-15-23-17-10-9-11-18-16(17)13-14-20(26-18,24-5-2)25-6-3/h9-11H,4-8,12-15H2,1-3H3. The molecule has 146 valence electrons. The highest BCUT2D eigenvalue weighted by atomic mass is 16.9. The summed E-state index contributed by atoms with van der Waals surface area (Å²) in [5, 5.41) is 0. The van der Waals surface area contributed by atoms with Crippen molar-refractivity contribution in [3.63, 3.8) is 0 Å². The van der Waals surface area contributed by atoms with Gasteiger partial charge in [0.05, 0.1) is 26.4 Å². The van der Waals surface area contributed by atoms with E-state index in [4.69, 9.17) is 23.7 Å². The molecule has 0 amide bonds. The molecular weight excluding hydrogens is 336 g/mol. The van der Waals surface area contributed by atoms with Gasteiger partial charge in [0.1, 0.15) is 11.5 Å². The van der Waals surface area contributed by atoms with Crippen LogP contribution >= 0.6 is 0 Å². The maximum Gasteiger partial charge on any atom is 0.327 e. The molecule has 1 aliphatic heterocycles. The van der Waals surface area contributed by atoms with Crippen molar-refractivity contribution in [2.45, 2.75) is 58.8 Å². The molecule has 0 aliphatic carbocycles. The third-order valence-electron chi connectivity index (χ3n) is 4.10. The number of esters is 1. The van der Waals surface area contributed by atoms with Crippen molar-refractivity contribution in [2.24, 2.45) is 0 Å². The molecule has 0 atom stereocenters. The lowest BCUT2D eigenvalue weighted by Gasteiger charge is -2.37. The van der Waals surface area contributed by atoms with Crippen LogP contribution in [0.1, 0.15) is 52.0 Å². The molecule has 6 nitrogen and oxygen atoms in total. The summed E-state index contributed by atoms with van der Waals surface area (Å²) in [6.07, 6.45) is 3.35. The molecule has 0 aromatic heterocycles. The fourth-order valence-electron chi connectivity index (χ4n) is 2.99. The Kier molecular flexibility index (Phi) is 8.19. The van der Waals surface area contributed by atoms with Crippen molar-refractivity contribution in [3.8, 4) is 11.5 Å². The lowest BCUT2D eigenvalue weighted by molar-refractivity contribution is -0.347. The maximum absolute atomic E-state index is 11.3. The zero-order valence-electron chi connectivity index (χ0n) is 16.0. The van der Waals surface area contributed by atoms with E-state index in [1.54, 1.807) is 0 Å². The molecule has 0 unspecified atom stereocenters. The quantitative estimate of drug-likeness (QED) is 0.337. The predicted octanol–water partition coefficient (Wildman–Crippen LogP) is 3.85. The molecule has 0 bridgehead atoms. The van der Waals surface area contributed by atoms with Gasteiger partial charge in [0.2, 0.25) is 0 Å². The van der Waals surface area contributed by atoms with Crippen molar-refractivity contribution < 1.29 is 28.5 Å². The number of benzene rings is 1. The van der Waals surface area contributed by atoms with Crippen LogP contribution in [0.15, 0.2) is 18.2 Å². The smallest absolute Gasteiger partial charge is 0.327 e. The van der Waals surface area contributed by atoms with Crippen LogP contribution < -0.4 is 9.47 Å². The molecule has 1 heterocycles. The van der Waals surface area contributed by atoms with Gasteiger partial charge in [0.15, 0.2) is 0 Å². The second-order valence-electron chi connectivity index (χ2n) is 5.99. The first-order chi connectivity index (χ1) is 12.6. The van der Waals surface area contributed by atoms with Gasteiger partial charge in [-0.05, 0) is 52.2 Å². The average Bonchev–Trinajstić information content (AvgIpc) is 2.62. The number of carbonyl (C=O) groups excluding carboxylic acids is 1. The van der Waals surface area contributed by atoms with Crippen molar-refractivity contribution in [1.29, 1.82) is 0 Å². The van der Waals surface area contributed by atoms with Crippen molar-refractivity contribution in [1.82, 2.24) is 0 Å². The minimum Gasteiger partial charge on any atom is -0.493 e. The molecule has 0 N–H and O–H groups in total. The normalized spacial score (nSPS) is 15.0. The molecule has 0 fully saturated rings. The van der Waals surface area contributed by atoms with Crippen LogP contribution in [-0.2, 0) is 25.4 Å². The summed E-state index contributed by atoms with van der Waals surface area (Å²) in [4.78, 5) is 11.3. The van der Waals surface area contributed by atoms with Gasteiger partial charge in [-0.15, -0.1) is 0 Å². The Balaban J connectivity index is 1.90. The average molecular weight is 366 g/mol. The Morgan fingerprint density at radius 3 is 2.58 bits per heavy atom. The van der Waals surface area contributed by atoms with Gasteiger partial charge < -0.3 is 23.7 Å². The Morgan fingerprint density at radius 2 is 1.88 bits per heavy atom. The van der Waals surface area contributed by atoms with E-state index in [9.17, 15) is 4.79 Å². The SMILES string of the molecule is CCOC(=O)CCCCOc1cccc2c1CCC(OCC)(OCC)O2. The fourth-order valence-corrected chi connectivity index (χ4v) is 2.99. The lowest BCUT2D eigenvalue weighted by atomic mass is 10.0. The van der Waals surface area contributed by atoms with E-state index in [1.165, 1.54) is 0 Å². The zero-order chi connectivity index (χ0) is 18.8. The Hall–Kier alpha value is -1.79. The number of rotatable bonds is 11. The van der Waals surface area contributed by atoms with Crippen LogP contribution in [0.2, 0.25) is 0 Å². The second kappa shape index (κ2) is 10.4. The zero-order valence-corrected chi connectivity index (χ0v) is 16.0. The summed E-state index contributed by atoms with van der Waals surface area (Å²) in [6.45, 7) is 7.69. The van der Waals surface area contributed by atoms with Gasteiger partial charge in [-0.2, -0.15) is 0 Å². The molecule has 0 saturated heterocycles. The van der Waals surface area contributed by atoms with E-state index in [0.29, 0.717) is 39.3 Å². The van der Waals surface area contributed by atoms with Crippen LogP contribution in [0.3, 0.4) is 0 Å². The van der Waals surface area contributed by atoms with Gasteiger partial charge in [-0.3, -0.25) is 4.79 Å². The Morgan fingerprint density at radius 1 is 1.12 bits per heavy atom. The van der Waals surface area contributed by atoms with E-state index in [1.807, 2.05) is 39.0 Å². The van der Waals surface area contributed by atoms with Crippen LogP contribution in [0.25, 0.3) is 0 Å².